The Bertz CT molecular complexity index is 792. The molecular formula is C21H24N2O5. The van der Waals surface area contributed by atoms with Crippen LogP contribution in [0.3, 0.4) is 0 Å². The van der Waals surface area contributed by atoms with Crippen LogP contribution in [-0.4, -0.2) is 28.1 Å². The van der Waals surface area contributed by atoms with E-state index in [1.165, 1.54) is 12.1 Å². The molecule has 7 nitrogen and oxygen atoms in total. The van der Waals surface area contributed by atoms with E-state index in [2.05, 4.69) is 9.97 Å². The molecule has 0 saturated carbocycles. The third-order valence-corrected chi connectivity index (χ3v) is 3.78. The number of hydrogen-bond donors (Lipinski definition) is 0. The molecule has 0 aliphatic carbocycles. The van der Waals surface area contributed by atoms with Gasteiger partial charge in [-0.2, -0.15) is 0 Å². The van der Waals surface area contributed by atoms with Gasteiger partial charge in [0.05, 0.1) is 22.5 Å². The molecule has 148 valence electrons. The normalized spacial score (nSPS) is 10.8. The molecular weight excluding hydrogens is 360 g/mol. The van der Waals surface area contributed by atoms with Crippen molar-refractivity contribution < 1.29 is 23.9 Å². The fourth-order valence-corrected chi connectivity index (χ4v) is 2.63. The van der Waals surface area contributed by atoms with Crippen LogP contribution in [0.1, 0.15) is 59.8 Å². The third-order valence-electron chi connectivity index (χ3n) is 3.78. The van der Waals surface area contributed by atoms with Gasteiger partial charge < -0.3 is 9.47 Å². The number of carbonyl (C=O) groups excluding carboxylic acids is 3. The van der Waals surface area contributed by atoms with Crippen molar-refractivity contribution >= 4 is 18.1 Å². The largest absolute Gasteiger partial charge is 0.524 e. The molecule has 2 aromatic rings. The lowest BCUT2D eigenvalue weighted by atomic mass is 10.0. The highest BCUT2D eigenvalue weighted by Crippen LogP contribution is 2.15. The first-order chi connectivity index (χ1) is 13.3. The molecule has 28 heavy (non-hydrogen) atoms. The number of nitrogens with zero attached hydrogens (tertiary/aromatic N) is 2. The maximum Gasteiger partial charge on any atom is 0.524 e. The molecule has 0 bridgehead atoms. The molecule has 2 rings (SSSR count). The monoisotopic (exact) mass is 384 g/mol. The zero-order chi connectivity index (χ0) is 20.7. The van der Waals surface area contributed by atoms with Gasteiger partial charge in [-0.3, -0.25) is 9.97 Å². The van der Waals surface area contributed by atoms with Gasteiger partial charge in [-0.15, -0.1) is 0 Å². The Balaban J connectivity index is 2.07. The van der Waals surface area contributed by atoms with E-state index in [4.69, 9.17) is 9.47 Å². The van der Waals surface area contributed by atoms with Gasteiger partial charge in [0.15, 0.2) is 0 Å². The van der Waals surface area contributed by atoms with Crippen LogP contribution in [0.15, 0.2) is 36.7 Å². The summed E-state index contributed by atoms with van der Waals surface area (Å²) in [7, 11) is 0. The quantitative estimate of drug-likeness (QED) is 0.548. The third kappa shape index (κ3) is 5.97. The van der Waals surface area contributed by atoms with Crippen molar-refractivity contribution in [2.75, 3.05) is 0 Å². The van der Waals surface area contributed by atoms with Crippen molar-refractivity contribution in [2.24, 2.45) is 11.8 Å². The van der Waals surface area contributed by atoms with E-state index in [1.54, 1.807) is 24.5 Å². The van der Waals surface area contributed by atoms with Crippen molar-refractivity contribution in [3.63, 3.8) is 0 Å². The second kappa shape index (κ2) is 9.73. The lowest BCUT2D eigenvalue weighted by Crippen LogP contribution is -2.20. The Morgan fingerprint density at radius 2 is 1.18 bits per heavy atom. The van der Waals surface area contributed by atoms with E-state index >= 15 is 0 Å². The number of carbonyl (C=O) groups is 3. The summed E-state index contributed by atoms with van der Waals surface area (Å²) in [6.45, 7) is 7.94. The summed E-state index contributed by atoms with van der Waals surface area (Å²) in [4.78, 5) is 44.9. The van der Waals surface area contributed by atoms with E-state index < -0.39 is 18.1 Å². The van der Waals surface area contributed by atoms with E-state index in [-0.39, 0.29) is 23.0 Å². The first-order valence-electron chi connectivity index (χ1n) is 9.14. The number of pyridine rings is 2. The van der Waals surface area contributed by atoms with Gasteiger partial charge in [0.1, 0.15) is 0 Å². The number of hydrogen-bond acceptors (Lipinski definition) is 7. The smallest absolute Gasteiger partial charge is 0.356 e. The molecule has 0 aliphatic heterocycles. The van der Waals surface area contributed by atoms with Crippen molar-refractivity contribution in [1.82, 2.24) is 9.97 Å². The Hall–Kier alpha value is -3.09. The molecule has 0 N–H and O–H groups in total. The average Bonchev–Trinajstić information content (AvgIpc) is 2.61. The van der Waals surface area contributed by atoms with Crippen molar-refractivity contribution in [3.8, 4) is 0 Å². The highest BCUT2D eigenvalue weighted by atomic mass is 16.8. The fraction of sp³-hybridized carbons (Fsp3) is 0.381. The lowest BCUT2D eigenvalue weighted by molar-refractivity contribution is 0.0336. The standard InChI is InChI=1S/C21H24N2O5/c1-13(2)11-17-15(7-5-9-22-17)19(24)27-21(26)28-20(25)16-8-6-10-23-18(16)12-14(3)4/h5-10,13-14H,11-12H2,1-4H3. The van der Waals surface area contributed by atoms with Crippen molar-refractivity contribution in [2.45, 2.75) is 40.5 Å². The molecule has 0 atom stereocenters. The van der Waals surface area contributed by atoms with Crippen LogP contribution in [0.25, 0.3) is 0 Å². The molecule has 7 heteroatoms. The predicted octanol–water partition coefficient (Wildman–Crippen LogP) is 4.01. The van der Waals surface area contributed by atoms with Crippen LogP contribution < -0.4 is 0 Å². The minimum Gasteiger partial charge on any atom is -0.356 e. The molecule has 0 spiro atoms. The molecule has 0 amide bonds. The Kier molecular flexibility index (Phi) is 7.37. The average molecular weight is 384 g/mol. The topological polar surface area (TPSA) is 95.5 Å². The Morgan fingerprint density at radius 1 is 0.786 bits per heavy atom. The molecule has 2 heterocycles. The summed E-state index contributed by atoms with van der Waals surface area (Å²) < 4.78 is 9.38. The van der Waals surface area contributed by atoms with Crippen LogP contribution >= 0.6 is 0 Å². The molecule has 0 unspecified atom stereocenters. The minimum atomic E-state index is -1.38. The lowest BCUT2D eigenvalue weighted by Gasteiger charge is -2.10. The van der Waals surface area contributed by atoms with Crippen LogP contribution in [0.5, 0.6) is 0 Å². The second-order valence-corrected chi connectivity index (χ2v) is 7.22. The van der Waals surface area contributed by atoms with Gasteiger partial charge >= 0.3 is 18.1 Å². The maximum atomic E-state index is 12.3. The van der Waals surface area contributed by atoms with Crippen molar-refractivity contribution in [3.05, 3.63) is 59.2 Å². The first-order valence-corrected chi connectivity index (χ1v) is 9.14. The number of rotatable bonds is 6. The van der Waals surface area contributed by atoms with Gasteiger partial charge in [0.2, 0.25) is 0 Å². The van der Waals surface area contributed by atoms with Gasteiger partial charge in [-0.05, 0) is 48.9 Å². The van der Waals surface area contributed by atoms with E-state index in [0.29, 0.717) is 24.2 Å². The molecule has 0 aliphatic rings. The highest BCUT2D eigenvalue weighted by Gasteiger charge is 2.23. The first kappa shape index (κ1) is 21.2. The summed E-state index contributed by atoms with van der Waals surface area (Å²) >= 11 is 0. The minimum absolute atomic E-state index is 0.169. The summed E-state index contributed by atoms with van der Waals surface area (Å²) in [6, 6.07) is 6.18. The molecule has 0 radical (unpaired) electrons. The summed E-state index contributed by atoms with van der Waals surface area (Å²) in [5, 5.41) is 0. The SMILES string of the molecule is CC(C)Cc1ncccc1C(=O)OC(=O)OC(=O)c1cccnc1CC(C)C. The van der Waals surface area contributed by atoms with E-state index in [1.807, 2.05) is 27.7 Å². The van der Waals surface area contributed by atoms with Gasteiger partial charge in [0, 0.05) is 12.4 Å². The van der Waals surface area contributed by atoms with E-state index in [9.17, 15) is 14.4 Å². The van der Waals surface area contributed by atoms with Crippen LogP contribution in [-0.2, 0) is 22.3 Å². The Labute approximate surface area is 164 Å². The predicted molar refractivity (Wildman–Crippen MR) is 102 cm³/mol. The molecule has 2 aromatic heterocycles. The Morgan fingerprint density at radius 3 is 1.54 bits per heavy atom. The zero-order valence-electron chi connectivity index (χ0n) is 16.5. The fourth-order valence-electron chi connectivity index (χ4n) is 2.63. The number of ether oxygens (including phenoxy) is 2. The maximum absolute atomic E-state index is 12.3. The van der Waals surface area contributed by atoms with Crippen molar-refractivity contribution in [1.29, 1.82) is 0 Å². The van der Waals surface area contributed by atoms with E-state index in [0.717, 1.165) is 0 Å². The second-order valence-electron chi connectivity index (χ2n) is 7.22. The zero-order valence-corrected chi connectivity index (χ0v) is 16.5. The van der Waals surface area contributed by atoms with Crippen LogP contribution in [0.4, 0.5) is 4.79 Å². The van der Waals surface area contributed by atoms with Gasteiger partial charge in [-0.25, -0.2) is 14.4 Å². The molecule has 0 fully saturated rings. The summed E-state index contributed by atoms with van der Waals surface area (Å²) in [5.41, 5.74) is 1.38. The van der Waals surface area contributed by atoms with Gasteiger partial charge in [0.25, 0.3) is 0 Å². The summed E-state index contributed by atoms with van der Waals surface area (Å²) in [6.07, 6.45) is 2.85. The highest BCUT2D eigenvalue weighted by molar-refractivity contribution is 6.01. The molecule has 0 aromatic carbocycles. The van der Waals surface area contributed by atoms with Gasteiger partial charge in [-0.1, -0.05) is 27.7 Å². The number of esters is 2. The molecule has 0 saturated heterocycles. The number of aromatic nitrogens is 2. The van der Waals surface area contributed by atoms with Crippen LogP contribution in [0.2, 0.25) is 0 Å². The van der Waals surface area contributed by atoms with Crippen LogP contribution in [0, 0.1) is 11.8 Å². The summed E-state index contributed by atoms with van der Waals surface area (Å²) in [5.74, 6) is -1.29.